The number of carbonyl (C=O) groups excluding carboxylic acids is 1. The fraction of sp³-hybridized carbons (Fsp3) is 0.455. The third-order valence-electron chi connectivity index (χ3n) is 2.68. The zero-order chi connectivity index (χ0) is 11.4. The van der Waals surface area contributed by atoms with E-state index >= 15 is 0 Å². The van der Waals surface area contributed by atoms with Gasteiger partial charge in [0.25, 0.3) is 0 Å². The molecule has 0 amide bonds. The lowest BCUT2D eigenvalue weighted by atomic mass is 10.1. The van der Waals surface area contributed by atoms with Crippen LogP contribution < -0.4 is 0 Å². The molecule has 2 heterocycles. The molecule has 0 radical (unpaired) electrons. The second-order valence-corrected chi connectivity index (χ2v) is 3.74. The summed E-state index contributed by atoms with van der Waals surface area (Å²) >= 11 is 0. The van der Waals surface area contributed by atoms with Crippen LogP contribution in [0.3, 0.4) is 0 Å². The standard InChI is InChI=1S/C11H15N3O2/c1-16-11(15)3-2-5-14-6-4-9-10(7-14)13-8-12-9/h2-3,8H,4-7H2,1H3,(H,12,13)/b3-2+. The highest BCUT2D eigenvalue weighted by Crippen LogP contribution is 2.14. The van der Waals surface area contributed by atoms with Crippen LogP contribution >= 0.6 is 0 Å². The quantitative estimate of drug-likeness (QED) is 0.596. The van der Waals surface area contributed by atoms with Crippen LogP contribution in [0.15, 0.2) is 18.5 Å². The first-order valence-corrected chi connectivity index (χ1v) is 5.27. The maximum atomic E-state index is 10.9. The highest BCUT2D eigenvalue weighted by Gasteiger charge is 2.16. The summed E-state index contributed by atoms with van der Waals surface area (Å²) in [7, 11) is 1.38. The molecule has 1 aliphatic heterocycles. The summed E-state index contributed by atoms with van der Waals surface area (Å²) in [6, 6.07) is 0. The maximum Gasteiger partial charge on any atom is 0.330 e. The van der Waals surface area contributed by atoms with E-state index in [2.05, 4.69) is 19.6 Å². The van der Waals surface area contributed by atoms with Gasteiger partial charge in [-0.25, -0.2) is 9.78 Å². The topological polar surface area (TPSA) is 58.2 Å². The van der Waals surface area contributed by atoms with Gasteiger partial charge in [-0.15, -0.1) is 0 Å². The van der Waals surface area contributed by atoms with Crippen molar-refractivity contribution < 1.29 is 9.53 Å². The number of fused-ring (bicyclic) bond motifs is 1. The number of hydrogen-bond donors (Lipinski definition) is 1. The van der Waals surface area contributed by atoms with Crippen LogP contribution in [0.4, 0.5) is 0 Å². The van der Waals surface area contributed by atoms with Crippen LogP contribution in [0.1, 0.15) is 11.4 Å². The van der Waals surface area contributed by atoms with Crippen LogP contribution in [0, 0.1) is 0 Å². The molecule has 0 aliphatic carbocycles. The van der Waals surface area contributed by atoms with Crippen molar-refractivity contribution in [2.75, 3.05) is 20.2 Å². The van der Waals surface area contributed by atoms with Gasteiger partial charge < -0.3 is 9.72 Å². The number of imidazole rings is 1. The highest BCUT2D eigenvalue weighted by molar-refractivity contribution is 5.81. The van der Waals surface area contributed by atoms with Gasteiger partial charge >= 0.3 is 5.97 Å². The molecule has 86 valence electrons. The molecule has 0 unspecified atom stereocenters. The number of aromatic amines is 1. The maximum absolute atomic E-state index is 10.9. The van der Waals surface area contributed by atoms with Gasteiger partial charge in [0, 0.05) is 37.8 Å². The Hall–Kier alpha value is -1.62. The number of carbonyl (C=O) groups is 1. The molecule has 0 atom stereocenters. The number of esters is 1. The number of rotatable bonds is 3. The number of H-pyrrole nitrogens is 1. The molecule has 0 aromatic carbocycles. The fourth-order valence-electron chi connectivity index (χ4n) is 1.78. The molecule has 0 bridgehead atoms. The van der Waals surface area contributed by atoms with Gasteiger partial charge in [-0.05, 0) is 0 Å². The van der Waals surface area contributed by atoms with E-state index in [0.29, 0.717) is 0 Å². The van der Waals surface area contributed by atoms with E-state index in [-0.39, 0.29) is 5.97 Å². The lowest BCUT2D eigenvalue weighted by Crippen LogP contribution is -2.30. The average molecular weight is 221 g/mol. The van der Waals surface area contributed by atoms with Gasteiger partial charge in [-0.1, -0.05) is 6.08 Å². The minimum absolute atomic E-state index is 0.308. The van der Waals surface area contributed by atoms with Crippen LogP contribution in [0.5, 0.6) is 0 Å². The first-order valence-electron chi connectivity index (χ1n) is 5.27. The summed E-state index contributed by atoms with van der Waals surface area (Å²) in [5, 5.41) is 0. The SMILES string of the molecule is COC(=O)/C=C/CN1CCc2[nH]cnc2C1. The van der Waals surface area contributed by atoms with E-state index in [1.54, 1.807) is 6.33 Å². The summed E-state index contributed by atoms with van der Waals surface area (Å²) < 4.78 is 4.52. The predicted octanol–water partition coefficient (Wildman–Crippen LogP) is 0.497. The number of aromatic nitrogens is 2. The normalized spacial score (nSPS) is 16.3. The number of nitrogens with one attached hydrogen (secondary N) is 1. The Morgan fingerprint density at radius 1 is 1.75 bits per heavy atom. The molecule has 0 fully saturated rings. The number of methoxy groups -OCH3 is 1. The van der Waals surface area contributed by atoms with Crippen molar-refractivity contribution in [1.82, 2.24) is 14.9 Å². The molecule has 16 heavy (non-hydrogen) atoms. The molecular formula is C11H15N3O2. The molecule has 1 N–H and O–H groups in total. The minimum atomic E-state index is -0.308. The van der Waals surface area contributed by atoms with E-state index in [1.807, 2.05) is 6.08 Å². The van der Waals surface area contributed by atoms with Crippen LogP contribution in [-0.4, -0.2) is 41.0 Å². The Bertz CT molecular complexity index is 398. The fourth-order valence-corrected chi connectivity index (χ4v) is 1.78. The zero-order valence-electron chi connectivity index (χ0n) is 9.27. The van der Waals surface area contributed by atoms with Crippen LogP contribution in [-0.2, 0) is 22.5 Å². The Kier molecular flexibility index (Phi) is 3.36. The summed E-state index contributed by atoms with van der Waals surface area (Å²) in [5.74, 6) is -0.308. The van der Waals surface area contributed by atoms with Crippen molar-refractivity contribution in [2.45, 2.75) is 13.0 Å². The van der Waals surface area contributed by atoms with Crippen molar-refractivity contribution in [1.29, 1.82) is 0 Å². The molecule has 2 rings (SSSR count). The molecule has 0 saturated heterocycles. The van der Waals surface area contributed by atoms with Crippen molar-refractivity contribution in [2.24, 2.45) is 0 Å². The smallest absolute Gasteiger partial charge is 0.330 e. The molecule has 1 aromatic rings. The monoisotopic (exact) mass is 221 g/mol. The number of nitrogens with zero attached hydrogens (tertiary/aromatic N) is 2. The van der Waals surface area contributed by atoms with Gasteiger partial charge in [-0.3, -0.25) is 4.90 Å². The summed E-state index contributed by atoms with van der Waals surface area (Å²) in [5.41, 5.74) is 2.34. The van der Waals surface area contributed by atoms with Gasteiger partial charge in [-0.2, -0.15) is 0 Å². The summed E-state index contributed by atoms with van der Waals surface area (Å²) in [6.07, 6.45) is 6.00. The third kappa shape index (κ3) is 2.49. The second-order valence-electron chi connectivity index (χ2n) is 3.74. The van der Waals surface area contributed by atoms with Gasteiger partial charge in [0.05, 0.1) is 19.1 Å². The van der Waals surface area contributed by atoms with E-state index in [9.17, 15) is 4.79 Å². The molecule has 0 saturated carbocycles. The first-order chi connectivity index (χ1) is 7.79. The van der Waals surface area contributed by atoms with Crippen molar-refractivity contribution in [3.05, 3.63) is 29.9 Å². The minimum Gasteiger partial charge on any atom is -0.466 e. The van der Waals surface area contributed by atoms with E-state index < -0.39 is 0 Å². The summed E-state index contributed by atoms with van der Waals surface area (Å²) in [4.78, 5) is 20.5. The van der Waals surface area contributed by atoms with E-state index in [0.717, 1.165) is 31.7 Å². The van der Waals surface area contributed by atoms with Gasteiger partial charge in [0.15, 0.2) is 0 Å². The Morgan fingerprint density at radius 2 is 2.62 bits per heavy atom. The highest BCUT2D eigenvalue weighted by atomic mass is 16.5. The van der Waals surface area contributed by atoms with E-state index in [1.165, 1.54) is 18.9 Å². The molecule has 5 nitrogen and oxygen atoms in total. The lowest BCUT2D eigenvalue weighted by Gasteiger charge is -2.24. The Balaban J connectivity index is 1.85. The molecule has 1 aliphatic rings. The van der Waals surface area contributed by atoms with Gasteiger partial charge in [0.1, 0.15) is 0 Å². The van der Waals surface area contributed by atoms with Crippen LogP contribution in [0.25, 0.3) is 0 Å². The zero-order valence-corrected chi connectivity index (χ0v) is 9.27. The molecule has 5 heteroatoms. The first kappa shape index (κ1) is 10.9. The van der Waals surface area contributed by atoms with Crippen LogP contribution in [0.2, 0.25) is 0 Å². The molecule has 1 aromatic heterocycles. The Morgan fingerprint density at radius 3 is 3.44 bits per heavy atom. The van der Waals surface area contributed by atoms with Crippen molar-refractivity contribution in [3.8, 4) is 0 Å². The van der Waals surface area contributed by atoms with Crippen molar-refractivity contribution >= 4 is 5.97 Å². The Labute approximate surface area is 94.1 Å². The number of hydrogen-bond acceptors (Lipinski definition) is 4. The predicted molar refractivity (Wildman–Crippen MR) is 58.7 cm³/mol. The second kappa shape index (κ2) is 4.94. The number of ether oxygens (including phenoxy) is 1. The summed E-state index contributed by atoms with van der Waals surface area (Å²) in [6.45, 7) is 2.58. The largest absolute Gasteiger partial charge is 0.466 e. The lowest BCUT2D eigenvalue weighted by molar-refractivity contribution is -0.134. The van der Waals surface area contributed by atoms with Gasteiger partial charge in [0.2, 0.25) is 0 Å². The van der Waals surface area contributed by atoms with Crippen molar-refractivity contribution in [3.63, 3.8) is 0 Å². The molecular weight excluding hydrogens is 206 g/mol. The van der Waals surface area contributed by atoms with E-state index in [4.69, 9.17) is 0 Å². The molecule has 0 spiro atoms. The third-order valence-corrected chi connectivity index (χ3v) is 2.68. The average Bonchev–Trinajstić information content (AvgIpc) is 2.76.